The summed E-state index contributed by atoms with van der Waals surface area (Å²) in [5.74, 6) is -0.620. The average Bonchev–Trinajstić information content (AvgIpc) is 2.76. The van der Waals surface area contributed by atoms with E-state index in [0.29, 0.717) is 5.56 Å². The van der Waals surface area contributed by atoms with Crippen LogP contribution in [0.2, 0.25) is 0 Å². The van der Waals surface area contributed by atoms with Gasteiger partial charge in [0.25, 0.3) is 0 Å². The molecule has 0 amide bonds. The summed E-state index contributed by atoms with van der Waals surface area (Å²) < 4.78 is 32.1. The van der Waals surface area contributed by atoms with Gasteiger partial charge in [-0.1, -0.05) is 48.5 Å². The normalized spacial score (nSPS) is 22.0. The minimum absolute atomic E-state index is 0.122. The number of benzene rings is 2. The topological polar surface area (TPSA) is 72.5 Å². The first-order chi connectivity index (χ1) is 10.5. The van der Waals surface area contributed by atoms with Crippen LogP contribution >= 0.6 is 0 Å². The zero-order valence-corrected chi connectivity index (χ0v) is 12.8. The van der Waals surface area contributed by atoms with Crippen molar-refractivity contribution in [1.29, 1.82) is 0 Å². The fourth-order valence-corrected chi connectivity index (χ4v) is 4.45. The molecule has 1 aliphatic heterocycles. The van der Waals surface area contributed by atoms with Gasteiger partial charge in [-0.15, -0.1) is 0 Å². The highest BCUT2D eigenvalue weighted by atomic mass is 32.2. The van der Waals surface area contributed by atoms with Crippen molar-refractivity contribution in [2.24, 2.45) is 0 Å². The number of nitrogens with one attached hydrogen (secondary N) is 1. The van der Waals surface area contributed by atoms with Gasteiger partial charge in [0.15, 0.2) is 5.54 Å². The van der Waals surface area contributed by atoms with Crippen LogP contribution in [0.4, 0.5) is 0 Å². The molecule has 0 radical (unpaired) electrons. The molecule has 1 aliphatic rings. The summed E-state index contributed by atoms with van der Waals surface area (Å²) in [6, 6.07) is 15.7. The highest BCUT2D eigenvalue weighted by Gasteiger charge is 2.52. The molecule has 2 aromatic carbocycles. The number of carbonyl (C=O) groups excluding carboxylic acids is 1. The first-order valence-electron chi connectivity index (χ1n) is 6.75. The zero-order valence-electron chi connectivity index (χ0n) is 11.9. The Morgan fingerprint density at radius 3 is 2.41 bits per heavy atom. The average molecular weight is 317 g/mol. The lowest BCUT2D eigenvalue weighted by Gasteiger charge is -2.26. The molecule has 0 aromatic heterocycles. The Labute approximate surface area is 129 Å². The molecule has 0 fully saturated rings. The van der Waals surface area contributed by atoms with E-state index < -0.39 is 21.5 Å². The largest absolute Gasteiger partial charge is 0.467 e. The van der Waals surface area contributed by atoms with Crippen LogP contribution in [0.25, 0.3) is 0 Å². The molecule has 6 heteroatoms. The lowest BCUT2D eigenvalue weighted by Crippen LogP contribution is -2.49. The van der Waals surface area contributed by atoms with E-state index in [1.54, 1.807) is 18.2 Å². The van der Waals surface area contributed by atoms with Crippen molar-refractivity contribution >= 4 is 16.0 Å². The van der Waals surface area contributed by atoms with E-state index in [0.717, 1.165) is 5.56 Å². The predicted molar refractivity (Wildman–Crippen MR) is 80.6 cm³/mol. The Morgan fingerprint density at radius 2 is 1.73 bits per heavy atom. The van der Waals surface area contributed by atoms with E-state index in [2.05, 4.69) is 4.72 Å². The maximum Gasteiger partial charge on any atom is 0.332 e. The molecule has 0 bridgehead atoms. The number of rotatable bonds is 3. The Morgan fingerprint density at radius 1 is 1.09 bits per heavy atom. The molecule has 0 aliphatic carbocycles. The zero-order chi connectivity index (χ0) is 15.8. The third kappa shape index (κ3) is 2.20. The molecule has 0 spiro atoms. The molecule has 1 heterocycles. The van der Waals surface area contributed by atoms with Crippen molar-refractivity contribution in [3.05, 3.63) is 65.7 Å². The SMILES string of the molecule is COC(=O)C1(Cc2ccccc2)NS(=O)(=O)c2ccccc21. The van der Waals surface area contributed by atoms with E-state index >= 15 is 0 Å². The number of esters is 1. The van der Waals surface area contributed by atoms with Gasteiger partial charge in [-0.3, -0.25) is 0 Å². The van der Waals surface area contributed by atoms with Crippen molar-refractivity contribution in [1.82, 2.24) is 4.72 Å². The van der Waals surface area contributed by atoms with Crippen LogP contribution in [0.5, 0.6) is 0 Å². The van der Waals surface area contributed by atoms with E-state index in [9.17, 15) is 13.2 Å². The van der Waals surface area contributed by atoms with Crippen LogP contribution in [0.1, 0.15) is 11.1 Å². The highest BCUT2D eigenvalue weighted by molar-refractivity contribution is 7.90. The van der Waals surface area contributed by atoms with Crippen molar-refractivity contribution in [3.8, 4) is 0 Å². The second-order valence-corrected chi connectivity index (χ2v) is 6.81. The molecular formula is C16H15NO4S. The van der Waals surface area contributed by atoms with Gasteiger partial charge in [0, 0.05) is 12.0 Å². The molecule has 1 N–H and O–H groups in total. The summed E-state index contributed by atoms with van der Waals surface area (Å²) in [6.07, 6.45) is 0.191. The van der Waals surface area contributed by atoms with E-state index in [1.807, 2.05) is 30.3 Å². The molecule has 1 unspecified atom stereocenters. The van der Waals surface area contributed by atoms with Crippen LogP contribution in [0.3, 0.4) is 0 Å². The van der Waals surface area contributed by atoms with Gasteiger partial charge < -0.3 is 4.74 Å². The van der Waals surface area contributed by atoms with Crippen LogP contribution in [-0.4, -0.2) is 21.5 Å². The third-order valence-corrected chi connectivity index (χ3v) is 5.34. The lowest BCUT2D eigenvalue weighted by atomic mass is 9.85. The second-order valence-electron chi connectivity index (χ2n) is 5.16. The Kier molecular flexibility index (Phi) is 3.50. The van der Waals surface area contributed by atoms with Gasteiger partial charge in [0.2, 0.25) is 10.0 Å². The van der Waals surface area contributed by atoms with Gasteiger partial charge in [0.05, 0.1) is 12.0 Å². The third-order valence-electron chi connectivity index (χ3n) is 3.79. The highest BCUT2D eigenvalue weighted by Crippen LogP contribution is 2.39. The number of hydrogen-bond donors (Lipinski definition) is 1. The van der Waals surface area contributed by atoms with Gasteiger partial charge >= 0.3 is 5.97 Å². The lowest BCUT2D eigenvalue weighted by molar-refractivity contribution is -0.148. The second kappa shape index (κ2) is 5.23. The standard InChI is InChI=1S/C16H15NO4S/c1-21-15(18)16(11-12-7-3-2-4-8-12)13-9-5-6-10-14(13)22(19,20)17-16/h2-10,17H,11H2,1H3. The molecule has 114 valence electrons. The fraction of sp³-hybridized carbons (Fsp3) is 0.188. The Bertz CT molecular complexity index is 817. The van der Waals surface area contributed by atoms with Gasteiger partial charge in [-0.05, 0) is 11.6 Å². The van der Waals surface area contributed by atoms with Gasteiger partial charge in [-0.25, -0.2) is 13.2 Å². The molecule has 22 heavy (non-hydrogen) atoms. The van der Waals surface area contributed by atoms with Gasteiger partial charge in [0.1, 0.15) is 0 Å². The number of sulfonamides is 1. The molecule has 2 aromatic rings. The van der Waals surface area contributed by atoms with Crippen LogP contribution in [-0.2, 0) is 31.5 Å². The molecule has 0 saturated carbocycles. The van der Waals surface area contributed by atoms with Crippen molar-refractivity contribution in [2.75, 3.05) is 7.11 Å². The summed E-state index contributed by atoms with van der Waals surface area (Å²) in [6.45, 7) is 0. The summed E-state index contributed by atoms with van der Waals surface area (Å²) in [7, 11) is -2.48. The quantitative estimate of drug-likeness (QED) is 0.873. The molecular weight excluding hydrogens is 302 g/mol. The molecule has 5 nitrogen and oxygen atoms in total. The predicted octanol–water partition coefficient (Wildman–Crippen LogP) is 1.59. The monoisotopic (exact) mass is 317 g/mol. The minimum atomic E-state index is -3.74. The van der Waals surface area contributed by atoms with Crippen molar-refractivity contribution in [2.45, 2.75) is 16.9 Å². The first-order valence-corrected chi connectivity index (χ1v) is 8.24. The number of fused-ring (bicyclic) bond motifs is 1. The van der Waals surface area contributed by atoms with Crippen molar-refractivity contribution in [3.63, 3.8) is 0 Å². The number of methoxy groups -OCH3 is 1. The smallest absolute Gasteiger partial charge is 0.332 e. The fourth-order valence-electron chi connectivity index (χ4n) is 2.82. The van der Waals surface area contributed by atoms with Gasteiger partial charge in [-0.2, -0.15) is 4.72 Å². The molecule has 3 rings (SSSR count). The Hall–Kier alpha value is -2.18. The summed E-state index contributed by atoms with van der Waals surface area (Å²) in [5.41, 5.74) is -0.163. The van der Waals surface area contributed by atoms with Crippen LogP contribution < -0.4 is 4.72 Å². The van der Waals surface area contributed by atoms with E-state index in [-0.39, 0.29) is 11.3 Å². The number of hydrogen-bond acceptors (Lipinski definition) is 4. The maximum atomic E-state index is 12.4. The summed E-state index contributed by atoms with van der Waals surface area (Å²) >= 11 is 0. The first kappa shape index (κ1) is 14.7. The minimum Gasteiger partial charge on any atom is -0.467 e. The maximum absolute atomic E-state index is 12.4. The number of carbonyl (C=O) groups is 1. The number of ether oxygens (including phenoxy) is 1. The Balaban J connectivity index is 2.19. The van der Waals surface area contributed by atoms with E-state index in [4.69, 9.17) is 4.74 Å². The van der Waals surface area contributed by atoms with E-state index in [1.165, 1.54) is 13.2 Å². The summed E-state index contributed by atoms with van der Waals surface area (Å²) in [4.78, 5) is 12.6. The van der Waals surface area contributed by atoms with Crippen molar-refractivity contribution < 1.29 is 17.9 Å². The summed E-state index contributed by atoms with van der Waals surface area (Å²) in [5, 5.41) is 0. The molecule has 0 saturated heterocycles. The van der Waals surface area contributed by atoms with Crippen LogP contribution in [0.15, 0.2) is 59.5 Å². The molecule has 1 atom stereocenters. The van der Waals surface area contributed by atoms with Crippen LogP contribution in [0, 0.1) is 0 Å².